The molecule has 1 heterocycles. The molecule has 1 aliphatic heterocycles. The van der Waals surface area contributed by atoms with Gasteiger partial charge in [-0.2, -0.15) is 0 Å². The van der Waals surface area contributed by atoms with Crippen LogP contribution in [0.5, 0.6) is 0 Å². The molecule has 2 aromatic carbocycles. The molecule has 3 nitrogen and oxygen atoms in total. The van der Waals surface area contributed by atoms with Crippen molar-refractivity contribution in [3.63, 3.8) is 0 Å². The minimum atomic E-state index is 0.158. The molecule has 1 atom stereocenters. The van der Waals surface area contributed by atoms with Gasteiger partial charge in [-0.25, -0.2) is 0 Å². The van der Waals surface area contributed by atoms with Crippen LogP contribution in [0.1, 0.15) is 29.2 Å². The SMILES string of the molecule is NC(=NC[C@H]1CCCO1)SC(c1ccccc1)c1ccccc1. The molecule has 0 amide bonds. The fourth-order valence-electron chi connectivity index (χ4n) is 2.72. The van der Waals surface area contributed by atoms with Gasteiger partial charge in [0.2, 0.25) is 0 Å². The average molecular weight is 326 g/mol. The molecule has 0 unspecified atom stereocenters. The van der Waals surface area contributed by atoms with Gasteiger partial charge in [0.05, 0.1) is 17.9 Å². The quantitative estimate of drug-likeness (QED) is 0.667. The van der Waals surface area contributed by atoms with Gasteiger partial charge in [0.25, 0.3) is 0 Å². The van der Waals surface area contributed by atoms with Crippen molar-refractivity contribution in [1.82, 2.24) is 0 Å². The molecule has 0 aliphatic carbocycles. The maximum Gasteiger partial charge on any atom is 0.154 e. The molecule has 23 heavy (non-hydrogen) atoms. The summed E-state index contributed by atoms with van der Waals surface area (Å²) in [4.78, 5) is 4.53. The van der Waals surface area contributed by atoms with Gasteiger partial charge < -0.3 is 10.5 Å². The Morgan fingerprint density at radius 3 is 2.22 bits per heavy atom. The molecule has 0 spiro atoms. The van der Waals surface area contributed by atoms with Crippen molar-refractivity contribution < 1.29 is 4.74 Å². The van der Waals surface area contributed by atoms with E-state index < -0.39 is 0 Å². The van der Waals surface area contributed by atoms with E-state index in [9.17, 15) is 0 Å². The lowest BCUT2D eigenvalue weighted by Crippen LogP contribution is -2.16. The summed E-state index contributed by atoms with van der Waals surface area (Å²) in [5.74, 6) is 0. The number of nitrogens with zero attached hydrogens (tertiary/aromatic N) is 1. The first-order valence-corrected chi connectivity index (χ1v) is 8.89. The standard InChI is InChI=1S/C19H22N2OS/c20-19(21-14-17-12-7-13-22-17)23-18(15-8-3-1-4-9-15)16-10-5-2-6-11-16/h1-6,8-11,17-18H,7,12-14H2,(H2,20,21)/t17-/m1/s1. The zero-order valence-electron chi connectivity index (χ0n) is 13.1. The van der Waals surface area contributed by atoms with E-state index in [-0.39, 0.29) is 11.4 Å². The van der Waals surface area contributed by atoms with Crippen LogP contribution < -0.4 is 5.73 Å². The molecule has 3 rings (SSSR count). The van der Waals surface area contributed by atoms with Crippen molar-refractivity contribution in [3.8, 4) is 0 Å². The molecule has 4 heteroatoms. The van der Waals surface area contributed by atoms with Crippen LogP contribution in [-0.2, 0) is 4.74 Å². The second-order valence-electron chi connectivity index (χ2n) is 5.63. The summed E-state index contributed by atoms with van der Waals surface area (Å²) in [6, 6.07) is 20.9. The maximum absolute atomic E-state index is 6.18. The fraction of sp³-hybridized carbons (Fsp3) is 0.316. The zero-order chi connectivity index (χ0) is 15.9. The third-order valence-electron chi connectivity index (χ3n) is 3.92. The Bertz CT molecular complexity index is 585. The van der Waals surface area contributed by atoms with Crippen molar-refractivity contribution in [2.75, 3.05) is 13.2 Å². The highest BCUT2D eigenvalue weighted by Crippen LogP contribution is 2.35. The van der Waals surface area contributed by atoms with E-state index in [0.29, 0.717) is 11.7 Å². The topological polar surface area (TPSA) is 47.6 Å². The van der Waals surface area contributed by atoms with Crippen molar-refractivity contribution in [2.24, 2.45) is 10.7 Å². The monoisotopic (exact) mass is 326 g/mol. The second kappa shape index (κ2) is 8.18. The van der Waals surface area contributed by atoms with Crippen LogP contribution in [0.15, 0.2) is 65.7 Å². The van der Waals surface area contributed by atoms with E-state index in [2.05, 4.69) is 53.5 Å². The summed E-state index contributed by atoms with van der Waals surface area (Å²) in [6.45, 7) is 1.51. The van der Waals surface area contributed by atoms with E-state index in [4.69, 9.17) is 10.5 Å². The third kappa shape index (κ3) is 4.60. The van der Waals surface area contributed by atoms with E-state index in [1.54, 1.807) is 11.8 Å². The van der Waals surface area contributed by atoms with Crippen LogP contribution in [0.3, 0.4) is 0 Å². The molecule has 2 N–H and O–H groups in total. The zero-order valence-corrected chi connectivity index (χ0v) is 13.9. The Morgan fingerprint density at radius 1 is 1.09 bits per heavy atom. The molecular weight excluding hydrogens is 304 g/mol. The predicted molar refractivity (Wildman–Crippen MR) is 97.8 cm³/mol. The van der Waals surface area contributed by atoms with Crippen LogP contribution in [-0.4, -0.2) is 24.4 Å². The number of hydrogen-bond donors (Lipinski definition) is 1. The van der Waals surface area contributed by atoms with Gasteiger partial charge in [-0.1, -0.05) is 72.4 Å². The first kappa shape index (κ1) is 16.1. The minimum absolute atomic E-state index is 0.158. The summed E-state index contributed by atoms with van der Waals surface area (Å²) in [7, 11) is 0. The van der Waals surface area contributed by atoms with Gasteiger partial charge in [0, 0.05) is 6.61 Å². The van der Waals surface area contributed by atoms with E-state index in [0.717, 1.165) is 19.4 Å². The van der Waals surface area contributed by atoms with Gasteiger partial charge in [0.15, 0.2) is 5.17 Å². The Morgan fingerprint density at radius 2 is 1.70 bits per heavy atom. The molecule has 1 aliphatic rings. The average Bonchev–Trinajstić information content (AvgIpc) is 3.13. The summed E-state index contributed by atoms with van der Waals surface area (Å²) in [5, 5.41) is 0.781. The minimum Gasteiger partial charge on any atom is -0.379 e. The van der Waals surface area contributed by atoms with Gasteiger partial charge in [-0.15, -0.1) is 0 Å². The maximum atomic E-state index is 6.18. The van der Waals surface area contributed by atoms with Gasteiger partial charge in [-0.05, 0) is 24.0 Å². The van der Waals surface area contributed by atoms with E-state index >= 15 is 0 Å². The van der Waals surface area contributed by atoms with Crippen molar-refractivity contribution in [3.05, 3.63) is 71.8 Å². The van der Waals surface area contributed by atoms with Crippen molar-refractivity contribution in [2.45, 2.75) is 24.2 Å². The Balaban J connectivity index is 1.74. The molecule has 1 saturated heterocycles. The number of ether oxygens (including phenoxy) is 1. The van der Waals surface area contributed by atoms with Crippen LogP contribution >= 0.6 is 11.8 Å². The van der Waals surface area contributed by atoms with Crippen LogP contribution in [0, 0.1) is 0 Å². The van der Waals surface area contributed by atoms with E-state index in [1.807, 2.05) is 12.1 Å². The van der Waals surface area contributed by atoms with Gasteiger partial charge in [-0.3, -0.25) is 4.99 Å². The summed E-state index contributed by atoms with van der Waals surface area (Å²) in [6.07, 6.45) is 2.45. The molecule has 120 valence electrons. The lowest BCUT2D eigenvalue weighted by molar-refractivity contribution is 0.118. The van der Waals surface area contributed by atoms with Crippen LogP contribution in [0.2, 0.25) is 0 Å². The van der Waals surface area contributed by atoms with Crippen LogP contribution in [0.4, 0.5) is 0 Å². The molecule has 0 radical (unpaired) electrons. The Hall–Kier alpha value is -1.78. The Kier molecular flexibility index (Phi) is 5.72. The summed E-state index contributed by atoms with van der Waals surface area (Å²) in [5.41, 5.74) is 8.66. The Labute approximate surface area is 142 Å². The highest BCUT2D eigenvalue weighted by Gasteiger charge is 2.18. The lowest BCUT2D eigenvalue weighted by Gasteiger charge is -2.17. The number of rotatable bonds is 5. The molecule has 0 saturated carbocycles. The van der Waals surface area contributed by atoms with Crippen molar-refractivity contribution >= 4 is 16.9 Å². The molecule has 2 aromatic rings. The molecule has 1 fully saturated rings. The smallest absolute Gasteiger partial charge is 0.154 e. The van der Waals surface area contributed by atoms with Crippen molar-refractivity contribution in [1.29, 1.82) is 0 Å². The first-order chi connectivity index (χ1) is 11.3. The molecular formula is C19H22N2OS. The number of aliphatic imine (C=N–C) groups is 1. The highest BCUT2D eigenvalue weighted by molar-refractivity contribution is 8.14. The molecule has 0 aromatic heterocycles. The van der Waals surface area contributed by atoms with Gasteiger partial charge in [0.1, 0.15) is 0 Å². The summed E-state index contributed by atoms with van der Waals surface area (Å²) >= 11 is 1.61. The first-order valence-electron chi connectivity index (χ1n) is 8.01. The third-order valence-corrected chi connectivity index (χ3v) is 5.07. The normalized spacial score (nSPS) is 18.5. The lowest BCUT2D eigenvalue weighted by atomic mass is 10.0. The predicted octanol–water partition coefficient (Wildman–Crippen LogP) is 4.00. The summed E-state index contributed by atoms with van der Waals surface area (Å²) < 4.78 is 5.61. The molecule has 0 bridgehead atoms. The fourth-order valence-corrected chi connectivity index (χ4v) is 3.70. The van der Waals surface area contributed by atoms with Gasteiger partial charge >= 0.3 is 0 Å². The number of thioether (sulfide) groups is 1. The second-order valence-corrected chi connectivity index (χ2v) is 6.76. The highest BCUT2D eigenvalue weighted by atomic mass is 32.2. The number of hydrogen-bond acceptors (Lipinski definition) is 3. The van der Waals surface area contributed by atoms with E-state index in [1.165, 1.54) is 11.1 Å². The van der Waals surface area contributed by atoms with Crippen LogP contribution in [0.25, 0.3) is 0 Å². The largest absolute Gasteiger partial charge is 0.379 e. The number of amidine groups is 1. The number of benzene rings is 2. The number of nitrogens with two attached hydrogens (primary N) is 1.